The van der Waals surface area contributed by atoms with E-state index < -0.39 is 18.2 Å². The van der Waals surface area contributed by atoms with Gasteiger partial charge in [0.1, 0.15) is 18.3 Å². The maximum absolute atomic E-state index is 10.2. The summed E-state index contributed by atoms with van der Waals surface area (Å²) < 4.78 is 23.4. The van der Waals surface area contributed by atoms with E-state index in [4.69, 9.17) is 18.9 Å². The largest absolute Gasteiger partial charge is 0.388 e. The second-order valence-corrected chi connectivity index (χ2v) is 7.61. The summed E-state index contributed by atoms with van der Waals surface area (Å²) in [5, 5.41) is 10.2. The average molecular weight is 344 g/mol. The maximum Gasteiger partial charge on any atom is 0.186 e. The number of hydrogen-bond donors (Lipinski definition) is 1. The third kappa shape index (κ3) is 5.67. The van der Waals surface area contributed by atoms with Crippen molar-refractivity contribution in [2.75, 3.05) is 6.61 Å². The third-order valence-corrected chi connectivity index (χ3v) is 4.88. The quantitative estimate of drug-likeness (QED) is 0.611. The molecule has 2 fully saturated rings. The van der Waals surface area contributed by atoms with Crippen molar-refractivity contribution < 1.29 is 24.1 Å². The molecule has 0 bridgehead atoms. The molecule has 0 amide bonds. The van der Waals surface area contributed by atoms with Gasteiger partial charge in [-0.25, -0.2) is 0 Å². The lowest BCUT2D eigenvalue weighted by atomic mass is 10.00. The first-order valence-electron chi connectivity index (χ1n) is 9.75. The van der Waals surface area contributed by atoms with Crippen LogP contribution in [0.5, 0.6) is 0 Å². The summed E-state index contributed by atoms with van der Waals surface area (Å²) in [6.07, 6.45) is 7.98. The van der Waals surface area contributed by atoms with E-state index >= 15 is 0 Å². The number of ether oxygens (including phenoxy) is 4. The van der Waals surface area contributed by atoms with Crippen LogP contribution in [0.1, 0.15) is 79.1 Å². The van der Waals surface area contributed by atoms with Gasteiger partial charge < -0.3 is 24.1 Å². The molecule has 2 aliphatic heterocycles. The van der Waals surface area contributed by atoms with Crippen molar-refractivity contribution in [2.45, 2.75) is 116 Å². The minimum absolute atomic E-state index is 0.313. The average Bonchev–Trinajstić information content (AvgIpc) is 2.86. The van der Waals surface area contributed by atoms with Gasteiger partial charge >= 0.3 is 0 Å². The lowest BCUT2D eigenvalue weighted by Gasteiger charge is -2.38. The first-order valence-corrected chi connectivity index (χ1v) is 9.75. The second-order valence-electron chi connectivity index (χ2n) is 7.61. The Hall–Kier alpha value is -0.200. The van der Waals surface area contributed by atoms with Crippen LogP contribution in [0.2, 0.25) is 0 Å². The van der Waals surface area contributed by atoms with Gasteiger partial charge in [0.2, 0.25) is 0 Å². The molecule has 24 heavy (non-hydrogen) atoms. The zero-order chi connectivity index (χ0) is 17.6. The molecule has 2 saturated heterocycles. The number of hydrogen-bond acceptors (Lipinski definition) is 5. The standard InChI is InChI=1S/C19H36O5/c1-5-6-7-8-9-10-11-12-13-21-18-17-16(15(20)14(2)22-18)23-19(3,4)24-17/h14-18,20H,5-13H2,1-4H3/t14-,15-,16+,17+,18+/m0/s1. The highest BCUT2D eigenvalue weighted by Gasteiger charge is 2.54. The molecule has 2 heterocycles. The molecule has 0 aromatic rings. The fourth-order valence-electron chi connectivity index (χ4n) is 3.50. The van der Waals surface area contributed by atoms with Crippen molar-refractivity contribution in [2.24, 2.45) is 0 Å². The Balaban J connectivity index is 1.65. The van der Waals surface area contributed by atoms with Crippen molar-refractivity contribution in [3.05, 3.63) is 0 Å². The Morgan fingerprint density at radius 1 is 0.917 bits per heavy atom. The van der Waals surface area contributed by atoms with E-state index in [1.807, 2.05) is 20.8 Å². The van der Waals surface area contributed by atoms with Crippen LogP contribution < -0.4 is 0 Å². The minimum atomic E-state index is -0.705. The number of unbranched alkanes of at least 4 members (excludes halogenated alkanes) is 7. The van der Waals surface area contributed by atoms with E-state index in [2.05, 4.69) is 6.92 Å². The molecule has 5 atom stereocenters. The topological polar surface area (TPSA) is 57.2 Å². The van der Waals surface area contributed by atoms with Crippen LogP contribution in [0, 0.1) is 0 Å². The first kappa shape index (κ1) is 20.1. The SMILES string of the molecule is CCCCCCCCCCO[C@@H]1O[C@@H](C)[C@H](O)[C@H]2OC(C)(C)O[C@@H]12. The third-order valence-electron chi connectivity index (χ3n) is 4.88. The van der Waals surface area contributed by atoms with Gasteiger partial charge in [0.05, 0.1) is 6.10 Å². The zero-order valence-corrected chi connectivity index (χ0v) is 15.8. The molecule has 5 nitrogen and oxygen atoms in total. The highest BCUT2D eigenvalue weighted by Crippen LogP contribution is 2.37. The first-order chi connectivity index (χ1) is 11.4. The van der Waals surface area contributed by atoms with E-state index in [9.17, 15) is 5.11 Å². The summed E-state index contributed by atoms with van der Waals surface area (Å²) >= 11 is 0. The van der Waals surface area contributed by atoms with Crippen LogP contribution in [-0.4, -0.2) is 48.2 Å². The molecular weight excluding hydrogens is 308 g/mol. The van der Waals surface area contributed by atoms with Gasteiger partial charge in [-0.15, -0.1) is 0 Å². The predicted molar refractivity (Wildman–Crippen MR) is 92.7 cm³/mol. The Bertz CT molecular complexity index is 360. The molecule has 0 aromatic carbocycles. The van der Waals surface area contributed by atoms with E-state index in [0.717, 1.165) is 6.42 Å². The highest BCUT2D eigenvalue weighted by atomic mass is 16.8. The molecule has 142 valence electrons. The van der Waals surface area contributed by atoms with Crippen LogP contribution in [-0.2, 0) is 18.9 Å². The number of aliphatic hydroxyl groups is 1. The van der Waals surface area contributed by atoms with Gasteiger partial charge in [-0.2, -0.15) is 0 Å². The van der Waals surface area contributed by atoms with E-state index in [1.165, 1.54) is 44.9 Å². The predicted octanol–water partition coefficient (Wildman–Crippen LogP) is 3.77. The Labute approximate surface area is 147 Å². The van der Waals surface area contributed by atoms with Crippen molar-refractivity contribution in [1.29, 1.82) is 0 Å². The summed E-state index contributed by atoms with van der Waals surface area (Å²) in [6.45, 7) is 8.48. The number of aliphatic hydroxyl groups excluding tert-OH is 1. The monoisotopic (exact) mass is 344 g/mol. The number of rotatable bonds is 10. The van der Waals surface area contributed by atoms with Crippen LogP contribution >= 0.6 is 0 Å². The molecule has 5 heteroatoms. The number of fused-ring (bicyclic) bond motifs is 1. The lowest BCUT2D eigenvalue weighted by molar-refractivity contribution is -0.271. The van der Waals surface area contributed by atoms with Crippen molar-refractivity contribution in [3.63, 3.8) is 0 Å². The Kier molecular flexibility index (Phi) is 7.95. The van der Waals surface area contributed by atoms with Gasteiger partial charge in [-0.05, 0) is 27.2 Å². The smallest absolute Gasteiger partial charge is 0.186 e. The maximum atomic E-state index is 10.2. The van der Waals surface area contributed by atoms with Crippen molar-refractivity contribution in [1.82, 2.24) is 0 Å². The molecule has 0 spiro atoms. The van der Waals surface area contributed by atoms with Gasteiger partial charge in [0.25, 0.3) is 0 Å². The molecule has 0 aliphatic carbocycles. The summed E-state index contributed by atoms with van der Waals surface area (Å²) in [5.41, 5.74) is 0. The molecule has 0 aromatic heterocycles. The Morgan fingerprint density at radius 3 is 2.17 bits per heavy atom. The Morgan fingerprint density at radius 2 is 1.50 bits per heavy atom. The molecule has 0 unspecified atom stereocenters. The summed E-state index contributed by atoms with van der Waals surface area (Å²) in [4.78, 5) is 0. The summed E-state index contributed by atoms with van der Waals surface area (Å²) in [6, 6.07) is 0. The van der Waals surface area contributed by atoms with Crippen LogP contribution in [0.4, 0.5) is 0 Å². The molecule has 0 radical (unpaired) electrons. The molecule has 1 N–H and O–H groups in total. The van der Waals surface area contributed by atoms with Gasteiger partial charge in [-0.3, -0.25) is 0 Å². The molecule has 0 saturated carbocycles. The van der Waals surface area contributed by atoms with E-state index in [-0.39, 0.29) is 18.3 Å². The van der Waals surface area contributed by atoms with E-state index in [0.29, 0.717) is 6.61 Å². The van der Waals surface area contributed by atoms with Gasteiger partial charge in [0.15, 0.2) is 12.1 Å². The highest BCUT2D eigenvalue weighted by molar-refractivity contribution is 4.94. The fourth-order valence-corrected chi connectivity index (χ4v) is 3.50. The fraction of sp³-hybridized carbons (Fsp3) is 1.00. The molecular formula is C19H36O5. The second kappa shape index (κ2) is 9.48. The van der Waals surface area contributed by atoms with Gasteiger partial charge in [0, 0.05) is 6.61 Å². The molecule has 2 rings (SSSR count). The normalized spacial score (nSPS) is 35.1. The van der Waals surface area contributed by atoms with Crippen LogP contribution in [0.3, 0.4) is 0 Å². The van der Waals surface area contributed by atoms with Crippen molar-refractivity contribution >= 4 is 0 Å². The van der Waals surface area contributed by atoms with Gasteiger partial charge in [-0.1, -0.05) is 51.9 Å². The summed E-state index contributed by atoms with van der Waals surface area (Å²) in [7, 11) is 0. The minimum Gasteiger partial charge on any atom is -0.388 e. The van der Waals surface area contributed by atoms with Crippen LogP contribution in [0.25, 0.3) is 0 Å². The zero-order valence-electron chi connectivity index (χ0n) is 15.8. The lowest BCUT2D eigenvalue weighted by Crippen LogP contribution is -2.56. The summed E-state index contributed by atoms with van der Waals surface area (Å²) in [5.74, 6) is -0.705. The van der Waals surface area contributed by atoms with Crippen molar-refractivity contribution in [3.8, 4) is 0 Å². The van der Waals surface area contributed by atoms with E-state index in [1.54, 1.807) is 0 Å². The van der Waals surface area contributed by atoms with Crippen LogP contribution in [0.15, 0.2) is 0 Å². The molecule has 2 aliphatic rings.